The quantitative estimate of drug-likeness (QED) is 0.472. The number of nitrogens with one attached hydrogen (secondary N) is 1. The van der Waals surface area contributed by atoms with Gasteiger partial charge in [0.15, 0.2) is 0 Å². The summed E-state index contributed by atoms with van der Waals surface area (Å²) in [5, 5.41) is 18.7. The first-order valence-corrected chi connectivity index (χ1v) is 2.74. The van der Waals surface area contributed by atoms with Crippen LogP contribution < -0.4 is 5.32 Å². The Balaban J connectivity index is 3.62. The van der Waals surface area contributed by atoms with Crippen LogP contribution in [0.3, 0.4) is 0 Å². The molecule has 0 radical (unpaired) electrons. The van der Waals surface area contributed by atoms with Crippen molar-refractivity contribution in [3.8, 4) is 12.3 Å². The van der Waals surface area contributed by atoms with Crippen LogP contribution in [-0.2, 0) is 0 Å². The Labute approximate surface area is 58.9 Å². The van der Waals surface area contributed by atoms with E-state index in [0.29, 0.717) is 0 Å². The van der Waals surface area contributed by atoms with Crippen molar-refractivity contribution in [2.45, 2.75) is 12.5 Å². The lowest BCUT2D eigenvalue weighted by molar-refractivity contribution is 0.178. The van der Waals surface area contributed by atoms with Gasteiger partial charge in [-0.1, -0.05) is 0 Å². The molecule has 0 aliphatic carbocycles. The Kier molecular flexibility index (Phi) is 4.09. The summed E-state index contributed by atoms with van der Waals surface area (Å²) >= 11 is 0. The van der Waals surface area contributed by atoms with E-state index in [1.165, 1.54) is 0 Å². The van der Waals surface area contributed by atoms with Gasteiger partial charge in [-0.25, -0.2) is 4.79 Å². The predicted molar refractivity (Wildman–Crippen MR) is 35.5 cm³/mol. The summed E-state index contributed by atoms with van der Waals surface area (Å²) in [6.07, 6.45) is 3.93. The lowest BCUT2D eigenvalue weighted by atomic mass is 10.2. The molecule has 0 spiro atoms. The molecule has 0 aromatic heterocycles. The van der Waals surface area contributed by atoms with Gasteiger partial charge >= 0.3 is 6.09 Å². The minimum absolute atomic E-state index is 0.211. The van der Waals surface area contributed by atoms with E-state index in [4.69, 9.17) is 16.6 Å². The van der Waals surface area contributed by atoms with Crippen molar-refractivity contribution in [1.82, 2.24) is 5.32 Å². The maximum atomic E-state index is 9.95. The number of terminal acetylenes is 1. The van der Waals surface area contributed by atoms with Crippen LogP contribution >= 0.6 is 0 Å². The third-order valence-corrected chi connectivity index (χ3v) is 0.912. The molecule has 10 heavy (non-hydrogen) atoms. The standard InChI is InChI=1S/C6H9NO3/c1-2-3-5(4-8)7-6(9)10/h1,5,7-8H,3-4H2,(H,9,10). The Bertz CT molecular complexity index is 150. The molecule has 0 aliphatic heterocycles. The first-order chi connectivity index (χ1) is 4.70. The van der Waals surface area contributed by atoms with Gasteiger partial charge in [0.2, 0.25) is 0 Å². The highest BCUT2D eigenvalue weighted by molar-refractivity contribution is 5.64. The number of hydrogen-bond acceptors (Lipinski definition) is 2. The Hall–Kier alpha value is -1.21. The average molecular weight is 143 g/mol. The van der Waals surface area contributed by atoms with E-state index in [2.05, 4.69) is 11.2 Å². The zero-order valence-corrected chi connectivity index (χ0v) is 5.37. The van der Waals surface area contributed by atoms with Gasteiger partial charge in [-0.05, 0) is 0 Å². The van der Waals surface area contributed by atoms with Gasteiger partial charge in [-0.15, -0.1) is 12.3 Å². The molecule has 0 saturated heterocycles. The predicted octanol–water partition coefficient (Wildman–Crippen LogP) is -0.362. The molecule has 0 aromatic carbocycles. The molecule has 0 rings (SSSR count). The van der Waals surface area contributed by atoms with Crippen LogP contribution in [0.5, 0.6) is 0 Å². The second kappa shape index (κ2) is 4.65. The number of aliphatic hydroxyl groups is 1. The molecule has 0 fully saturated rings. The molecule has 1 amide bonds. The zero-order valence-electron chi connectivity index (χ0n) is 5.37. The van der Waals surface area contributed by atoms with E-state index in [0.717, 1.165) is 0 Å². The first-order valence-electron chi connectivity index (χ1n) is 2.74. The van der Waals surface area contributed by atoms with Crippen molar-refractivity contribution in [1.29, 1.82) is 0 Å². The van der Waals surface area contributed by atoms with Gasteiger partial charge in [-0.2, -0.15) is 0 Å². The smallest absolute Gasteiger partial charge is 0.404 e. The first kappa shape index (κ1) is 8.79. The van der Waals surface area contributed by atoms with Crippen molar-refractivity contribution < 1.29 is 15.0 Å². The number of carbonyl (C=O) groups is 1. The summed E-state index contributed by atoms with van der Waals surface area (Å²) in [6.45, 7) is -0.267. The molecule has 0 bridgehead atoms. The molecule has 0 aromatic rings. The van der Waals surface area contributed by atoms with Crippen molar-refractivity contribution in [3.63, 3.8) is 0 Å². The highest BCUT2D eigenvalue weighted by Gasteiger charge is 2.06. The molecule has 4 heteroatoms. The van der Waals surface area contributed by atoms with Crippen molar-refractivity contribution in [2.75, 3.05) is 6.61 Å². The van der Waals surface area contributed by atoms with Gasteiger partial charge in [0.1, 0.15) is 0 Å². The monoisotopic (exact) mass is 143 g/mol. The summed E-state index contributed by atoms with van der Waals surface area (Å²) in [5.41, 5.74) is 0. The van der Waals surface area contributed by atoms with Gasteiger partial charge in [0.05, 0.1) is 12.6 Å². The van der Waals surface area contributed by atoms with E-state index in [-0.39, 0.29) is 13.0 Å². The van der Waals surface area contributed by atoms with Crippen LogP contribution in [0, 0.1) is 12.3 Å². The van der Waals surface area contributed by atoms with Gasteiger partial charge in [0.25, 0.3) is 0 Å². The van der Waals surface area contributed by atoms with Crippen LogP contribution in [0.2, 0.25) is 0 Å². The minimum atomic E-state index is -1.17. The Morgan fingerprint density at radius 1 is 1.80 bits per heavy atom. The van der Waals surface area contributed by atoms with Gasteiger partial charge < -0.3 is 15.5 Å². The molecule has 0 saturated carbocycles. The normalized spacial score (nSPS) is 11.6. The highest BCUT2D eigenvalue weighted by atomic mass is 16.4. The average Bonchev–Trinajstić information content (AvgIpc) is 1.86. The van der Waals surface area contributed by atoms with Crippen LogP contribution in [0.25, 0.3) is 0 Å². The summed E-state index contributed by atoms with van der Waals surface area (Å²) in [7, 11) is 0. The molecular weight excluding hydrogens is 134 g/mol. The van der Waals surface area contributed by atoms with Gasteiger partial charge in [-0.3, -0.25) is 0 Å². The van der Waals surface area contributed by atoms with Crippen molar-refractivity contribution in [3.05, 3.63) is 0 Å². The maximum absolute atomic E-state index is 9.95. The summed E-state index contributed by atoms with van der Waals surface area (Å²) in [4.78, 5) is 9.95. The third-order valence-electron chi connectivity index (χ3n) is 0.912. The Morgan fingerprint density at radius 2 is 2.40 bits per heavy atom. The second-order valence-corrected chi connectivity index (χ2v) is 1.74. The number of carboxylic acid groups (broad SMARTS) is 1. The topological polar surface area (TPSA) is 69.6 Å². The zero-order chi connectivity index (χ0) is 7.98. The van der Waals surface area contributed by atoms with E-state index in [9.17, 15) is 4.79 Å². The lowest BCUT2D eigenvalue weighted by Crippen LogP contribution is -2.35. The second-order valence-electron chi connectivity index (χ2n) is 1.74. The Morgan fingerprint density at radius 3 is 2.70 bits per heavy atom. The van der Waals surface area contributed by atoms with Crippen molar-refractivity contribution in [2.24, 2.45) is 0 Å². The van der Waals surface area contributed by atoms with E-state index in [1.54, 1.807) is 0 Å². The van der Waals surface area contributed by atoms with E-state index in [1.807, 2.05) is 0 Å². The molecule has 3 N–H and O–H groups in total. The van der Waals surface area contributed by atoms with Crippen LogP contribution in [-0.4, -0.2) is 29.0 Å². The molecule has 1 atom stereocenters. The molecule has 56 valence electrons. The largest absolute Gasteiger partial charge is 0.465 e. The molecule has 4 nitrogen and oxygen atoms in total. The van der Waals surface area contributed by atoms with Gasteiger partial charge in [0, 0.05) is 6.42 Å². The fraction of sp³-hybridized carbons (Fsp3) is 0.500. The highest BCUT2D eigenvalue weighted by Crippen LogP contribution is 1.87. The van der Waals surface area contributed by atoms with E-state index < -0.39 is 12.1 Å². The summed E-state index contributed by atoms with van der Waals surface area (Å²) < 4.78 is 0. The maximum Gasteiger partial charge on any atom is 0.404 e. The minimum Gasteiger partial charge on any atom is -0.465 e. The molecule has 0 aliphatic rings. The number of aliphatic hydroxyl groups excluding tert-OH is 1. The fourth-order valence-corrected chi connectivity index (χ4v) is 0.478. The molecule has 1 unspecified atom stereocenters. The van der Waals surface area contributed by atoms with Crippen LogP contribution in [0.1, 0.15) is 6.42 Å². The molecular formula is C6H9NO3. The number of hydrogen-bond donors (Lipinski definition) is 3. The number of rotatable bonds is 3. The van der Waals surface area contributed by atoms with Crippen LogP contribution in [0.15, 0.2) is 0 Å². The number of amides is 1. The summed E-state index contributed by atoms with van der Waals surface area (Å²) in [5.74, 6) is 2.24. The fourth-order valence-electron chi connectivity index (χ4n) is 0.478. The van der Waals surface area contributed by atoms with Crippen LogP contribution in [0.4, 0.5) is 4.79 Å². The third kappa shape index (κ3) is 3.75. The lowest BCUT2D eigenvalue weighted by Gasteiger charge is -2.08. The SMILES string of the molecule is C#CCC(CO)NC(=O)O. The van der Waals surface area contributed by atoms with E-state index >= 15 is 0 Å². The van der Waals surface area contributed by atoms with Crippen molar-refractivity contribution >= 4 is 6.09 Å². The summed E-state index contributed by atoms with van der Waals surface area (Å²) in [6, 6.07) is -0.539. The molecule has 0 heterocycles.